The predicted molar refractivity (Wildman–Crippen MR) is 112 cm³/mol. The summed E-state index contributed by atoms with van der Waals surface area (Å²) in [4.78, 5) is 11.7. The van der Waals surface area contributed by atoms with Gasteiger partial charge in [0.2, 0.25) is 0 Å². The molecule has 26 heavy (non-hydrogen) atoms. The van der Waals surface area contributed by atoms with Crippen LogP contribution in [0.15, 0.2) is 53.6 Å². The normalized spacial score (nSPS) is 10.7. The van der Waals surface area contributed by atoms with E-state index in [9.17, 15) is 4.79 Å². The smallest absolute Gasteiger partial charge is 0.277 e. The van der Waals surface area contributed by atoms with Gasteiger partial charge < -0.3 is 9.47 Å². The van der Waals surface area contributed by atoms with E-state index >= 15 is 0 Å². The van der Waals surface area contributed by atoms with Gasteiger partial charge in [-0.05, 0) is 83.1 Å². The number of carbonyl (C=O) groups is 1. The number of ether oxygens (including phenoxy) is 2. The van der Waals surface area contributed by atoms with Gasteiger partial charge in [0.25, 0.3) is 5.91 Å². The first-order valence-electron chi connectivity index (χ1n) is 8.60. The summed E-state index contributed by atoms with van der Waals surface area (Å²) >= 11 is 2.21. The maximum Gasteiger partial charge on any atom is 0.277 e. The highest BCUT2D eigenvalue weighted by Crippen LogP contribution is 2.13. The van der Waals surface area contributed by atoms with E-state index in [2.05, 4.69) is 40.0 Å². The minimum Gasteiger partial charge on any atom is -0.494 e. The molecule has 0 aliphatic heterocycles. The van der Waals surface area contributed by atoms with E-state index in [4.69, 9.17) is 9.47 Å². The topological polar surface area (TPSA) is 59.9 Å². The number of benzene rings is 2. The maximum atomic E-state index is 11.7. The standard InChI is InChI=1S/C20H23IN2O3/c1-2-3-4-13-25-18-9-5-16(6-10-18)14-22-23-20(24)15-26-19-11-7-17(21)8-12-19/h5-12,14H,2-4,13,15H2,1H3,(H,23,24). The summed E-state index contributed by atoms with van der Waals surface area (Å²) in [5.74, 6) is 1.18. The molecule has 0 heterocycles. The lowest BCUT2D eigenvalue weighted by molar-refractivity contribution is -0.123. The largest absolute Gasteiger partial charge is 0.494 e. The van der Waals surface area contributed by atoms with Crippen molar-refractivity contribution in [2.45, 2.75) is 26.2 Å². The zero-order chi connectivity index (χ0) is 18.6. The second-order valence-corrected chi connectivity index (χ2v) is 6.91. The summed E-state index contributed by atoms with van der Waals surface area (Å²) in [6.45, 7) is 2.82. The van der Waals surface area contributed by atoms with Crippen molar-refractivity contribution >= 4 is 34.7 Å². The fourth-order valence-electron chi connectivity index (χ4n) is 2.08. The molecule has 0 fully saturated rings. The molecule has 6 heteroatoms. The van der Waals surface area contributed by atoms with Crippen LogP contribution in [0.3, 0.4) is 0 Å². The first-order valence-corrected chi connectivity index (χ1v) is 9.68. The van der Waals surface area contributed by atoms with Crippen LogP contribution in [0.4, 0.5) is 0 Å². The Hall–Kier alpha value is -2.09. The zero-order valence-corrected chi connectivity index (χ0v) is 16.9. The Morgan fingerprint density at radius 2 is 1.69 bits per heavy atom. The fraction of sp³-hybridized carbons (Fsp3) is 0.300. The molecule has 0 saturated carbocycles. The number of nitrogens with zero attached hydrogens (tertiary/aromatic N) is 1. The Bertz CT molecular complexity index is 700. The number of amides is 1. The number of rotatable bonds is 10. The summed E-state index contributed by atoms with van der Waals surface area (Å²) in [5.41, 5.74) is 3.33. The Morgan fingerprint density at radius 1 is 1.04 bits per heavy atom. The lowest BCUT2D eigenvalue weighted by Crippen LogP contribution is -2.24. The fourth-order valence-corrected chi connectivity index (χ4v) is 2.44. The van der Waals surface area contributed by atoms with Crippen LogP contribution in [-0.4, -0.2) is 25.3 Å². The van der Waals surface area contributed by atoms with Crippen molar-refractivity contribution in [2.75, 3.05) is 13.2 Å². The highest BCUT2D eigenvalue weighted by Gasteiger charge is 2.01. The van der Waals surface area contributed by atoms with Crippen LogP contribution >= 0.6 is 22.6 Å². The van der Waals surface area contributed by atoms with Crippen molar-refractivity contribution in [1.29, 1.82) is 0 Å². The van der Waals surface area contributed by atoms with Gasteiger partial charge in [0.05, 0.1) is 12.8 Å². The van der Waals surface area contributed by atoms with Crippen LogP contribution in [0.1, 0.15) is 31.7 Å². The maximum absolute atomic E-state index is 11.7. The molecule has 0 bridgehead atoms. The summed E-state index contributed by atoms with van der Waals surface area (Å²) in [7, 11) is 0. The number of hydrogen-bond donors (Lipinski definition) is 1. The van der Waals surface area contributed by atoms with Gasteiger partial charge in [-0.2, -0.15) is 5.10 Å². The number of hydrogen-bond acceptors (Lipinski definition) is 4. The molecule has 0 aromatic heterocycles. The van der Waals surface area contributed by atoms with Gasteiger partial charge in [-0.1, -0.05) is 19.8 Å². The SMILES string of the molecule is CCCCCOc1ccc(C=NNC(=O)COc2ccc(I)cc2)cc1. The average Bonchev–Trinajstić information content (AvgIpc) is 2.66. The Labute approximate surface area is 167 Å². The molecule has 0 spiro atoms. The average molecular weight is 466 g/mol. The number of nitrogens with one attached hydrogen (secondary N) is 1. The first-order chi connectivity index (χ1) is 12.7. The van der Waals surface area contributed by atoms with E-state index in [1.165, 1.54) is 12.8 Å². The van der Waals surface area contributed by atoms with E-state index in [-0.39, 0.29) is 12.5 Å². The van der Waals surface area contributed by atoms with Gasteiger partial charge >= 0.3 is 0 Å². The van der Waals surface area contributed by atoms with Gasteiger partial charge in [-0.3, -0.25) is 4.79 Å². The van der Waals surface area contributed by atoms with Gasteiger partial charge in [-0.15, -0.1) is 0 Å². The Kier molecular flexibility index (Phi) is 8.95. The van der Waals surface area contributed by atoms with E-state index in [1.54, 1.807) is 6.21 Å². The number of halogens is 1. The van der Waals surface area contributed by atoms with Gasteiger partial charge in [-0.25, -0.2) is 5.43 Å². The molecule has 2 aromatic carbocycles. The number of hydrazone groups is 1. The van der Waals surface area contributed by atoms with Crippen LogP contribution < -0.4 is 14.9 Å². The van der Waals surface area contributed by atoms with Crippen molar-refractivity contribution in [1.82, 2.24) is 5.43 Å². The number of carbonyl (C=O) groups excluding carboxylic acids is 1. The van der Waals surface area contributed by atoms with Crippen molar-refractivity contribution in [3.63, 3.8) is 0 Å². The van der Waals surface area contributed by atoms with Crippen molar-refractivity contribution in [3.8, 4) is 11.5 Å². The van der Waals surface area contributed by atoms with Crippen molar-refractivity contribution < 1.29 is 14.3 Å². The highest BCUT2D eigenvalue weighted by molar-refractivity contribution is 14.1. The van der Waals surface area contributed by atoms with Crippen molar-refractivity contribution in [3.05, 3.63) is 57.7 Å². The Morgan fingerprint density at radius 3 is 2.38 bits per heavy atom. The second kappa shape index (κ2) is 11.5. The summed E-state index contributed by atoms with van der Waals surface area (Å²) in [6.07, 6.45) is 5.01. The molecule has 0 unspecified atom stereocenters. The molecule has 2 rings (SSSR count). The molecule has 2 aromatic rings. The van der Waals surface area contributed by atoms with E-state index < -0.39 is 0 Å². The third kappa shape index (κ3) is 7.86. The molecule has 0 atom stereocenters. The molecule has 0 aliphatic carbocycles. The molecule has 5 nitrogen and oxygen atoms in total. The molecule has 1 N–H and O–H groups in total. The summed E-state index contributed by atoms with van der Waals surface area (Å²) in [5, 5.41) is 3.94. The molecule has 0 radical (unpaired) electrons. The molecule has 138 valence electrons. The van der Waals surface area contributed by atoms with Crippen LogP contribution in [0.2, 0.25) is 0 Å². The summed E-state index contributed by atoms with van der Waals surface area (Å²) < 4.78 is 12.2. The molecular formula is C20H23IN2O3. The van der Waals surface area contributed by atoms with Crippen LogP contribution in [-0.2, 0) is 4.79 Å². The van der Waals surface area contributed by atoms with E-state index in [0.29, 0.717) is 5.75 Å². The lowest BCUT2D eigenvalue weighted by atomic mass is 10.2. The van der Waals surface area contributed by atoms with Crippen molar-refractivity contribution in [2.24, 2.45) is 5.10 Å². The highest BCUT2D eigenvalue weighted by atomic mass is 127. The van der Waals surface area contributed by atoms with Crippen LogP contribution in [0.25, 0.3) is 0 Å². The third-order valence-electron chi connectivity index (χ3n) is 3.48. The molecule has 0 saturated heterocycles. The second-order valence-electron chi connectivity index (χ2n) is 5.66. The Balaban J connectivity index is 1.70. The lowest BCUT2D eigenvalue weighted by Gasteiger charge is -2.06. The molecular weight excluding hydrogens is 443 g/mol. The third-order valence-corrected chi connectivity index (χ3v) is 4.20. The van der Waals surface area contributed by atoms with Gasteiger partial charge in [0.1, 0.15) is 11.5 Å². The van der Waals surface area contributed by atoms with Gasteiger partial charge in [0, 0.05) is 3.57 Å². The van der Waals surface area contributed by atoms with Crippen LogP contribution in [0.5, 0.6) is 11.5 Å². The monoisotopic (exact) mass is 466 g/mol. The van der Waals surface area contributed by atoms with Gasteiger partial charge in [0.15, 0.2) is 6.61 Å². The molecule has 0 aliphatic rings. The first kappa shape index (κ1) is 20.2. The van der Waals surface area contributed by atoms with E-state index in [0.717, 1.165) is 27.9 Å². The molecule has 1 amide bonds. The predicted octanol–water partition coefficient (Wildman–Crippen LogP) is 4.39. The quantitative estimate of drug-likeness (QED) is 0.245. The van der Waals surface area contributed by atoms with Crippen LogP contribution in [0, 0.1) is 3.57 Å². The minimum atomic E-state index is -0.310. The van der Waals surface area contributed by atoms with E-state index in [1.807, 2.05) is 48.5 Å². The summed E-state index contributed by atoms with van der Waals surface area (Å²) in [6, 6.07) is 15.1. The number of unbranched alkanes of at least 4 members (excludes halogenated alkanes) is 2. The zero-order valence-electron chi connectivity index (χ0n) is 14.8. The minimum absolute atomic E-state index is 0.0809.